The van der Waals surface area contributed by atoms with E-state index in [0.29, 0.717) is 50.2 Å². The van der Waals surface area contributed by atoms with Crippen molar-refractivity contribution < 1.29 is 28.3 Å². The van der Waals surface area contributed by atoms with Gasteiger partial charge in [0.05, 0.1) is 23.8 Å². The minimum absolute atomic E-state index is 0.115. The van der Waals surface area contributed by atoms with Crippen LogP contribution < -0.4 is 5.32 Å². The van der Waals surface area contributed by atoms with E-state index >= 15 is 0 Å². The standard InChI is InChI=1S/C36H32F2N6O4/c1-21-26-12-13-29(28(26)11-10-27(21)36(47)48)41-34(45)31-20-30(40-32-14-15-39-44(31)32)35(46)43-18-16-42(17-19-43)33(22-2-6-24(37)7-3-22)23-4-8-25(38)9-5-23/h2-11,14-15,20,29,33H,12-13,16-19H2,1H3,(H,41,45)(H,47,48)/t29-/m0/s1. The van der Waals surface area contributed by atoms with Crippen LogP contribution in [0.5, 0.6) is 0 Å². The molecule has 2 amide bonds. The zero-order valence-corrected chi connectivity index (χ0v) is 26.1. The number of piperazine rings is 1. The molecule has 2 N–H and O–H groups in total. The van der Waals surface area contributed by atoms with Gasteiger partial charge in [-0.05, 0) is 77.9 Å². The summed E-state index contributed by atoms with van der Waals surface area (Å²) in [5, 5.41) is 16.8. The number of carbonyl (C=O) groups excluding carboxylic acids is 2. The summed E-state index contributed by atoms with van der Waals surface area (Å²) in [6.07, 6.45) is 2.77. The minimum Gasteiger partial charge on any atom is -0.478 e. The van der Waals surface area contributed by atoms with Crippen LogP contribution in [0.3, 0.4) is 0 Å². The summed E-state index contributed by atoms with van der Waals surface area (Å²) < 4.78 is 28.9. The molecule has 0 radical (unpaired) electrons. The third-order valence-corrected chi connectivity index (χ3v) is 9.38. The number of carboxylic acid groups (broad SMARTS) is 1. The third kappa shape index (κ3) is 5.79. The summed E-state index contributed by atoms with van der Waals surface area (Å²) in [4.78, 5) is 47.5. The summed E-state index contributed by atoms with van der Waals surface area (Å²) in [7, 11) is 0. The second kappa shape index (κ2) is 12.6. The van der Waals surface area contributed by atoms with Crippen LogP contribution in [0.1, 0.15) is 77.7 Å². The van der Waals surface area contributed by atoms with Crippen molar-refractivity contribution >= 4 is 23.4 Å². The average molecular weight is 651 g/mol. The first-order valence-corrected chi connectivity index (χ1v) is 15.7. The molecule has 1 fully saturated rings. The number of hydrogen-bond donors (Lipinski definition) is 2. The molecule has 3 aromatic carbocycles. The number of nitrogens with one attached hydrogen (secondary N) is 1. The van der Waals surface area contributed by atoms with Gasteiger partial charge in [0.2, 0.25) is 0 Å². The number of hydrogen-bond acceptors (Lipinski definition) is 6. The predicted molar refractivity (Wildman–Crippen MR) is 172 cm³/mol. The number of carboxylic acids is 1. The molecule has 1 saturated heterocycles. The highest BCUT2D eigenvalue weighted by Crippen LogP contribution is 2.35. The number of rotatable bonds is 7. The molecule has 0 spiro atoms. The van der Waals surface area contributed by atoms with Crippen molar-refractivity contribution in [2.24, 2.45) is 0 Å². The van der Waals surface area contributed by atoms with Crippen molar-refractivity contribution in [1.82, 2.24) is 29.7 Å². The first-order valence-electron chi connectivity index (χ1n) is 15.7. The van der Waals surface area contributed by atoms with E-state index in [4.69, 9.17) is 0 Å². The summed E-state index contributed by atoms with van der Waals surface area (Å²) >= 11 is 0. The van der Waals surface area contributed by atoms with Gasteiger partial charge < -0.3 is 15.3 Å². The molecule has 10 nitrogen and oxygen atoms in total. The molecule has 5 aromatic rings. The molecule has 0 saturated carbocycles. The Morgan fingerprint density at radius 1 is 0.896 bits per heavy atom. The molecule has 1 aliphatic heterocycles. The average Bonchev–Trinajstić information content (AvgIpc) is 3.74. The summed E-state index contributed by atoms with van der Waals surface area (Å²) in [6.45, 7) is 3.53. The van der Waals surface area contributed by atoms with Gasteiger partial charge in [-0.25, -0.2) is 23.1 Å². The van der Waals surface area contributed by atoms with Gasteiger partial charge in [0.15, 0.2) is 5.65 Å². The molecule has 2 aromatic heterocycles. The lowest BCUT2D eigenvalue weighted by Crippen LogP contribution is -2.50. The van der Waals surface area contributed by atoms with Crippen LogP contribution in [-0.4, -0.2) is 73.5 Å². The Bertz CT molecular complexity index is 1990. The molecule has 3 heterocycles. The van der Waals surface area contributed by atoms with Gasteiger partial charge in [0, 0.05) is 38.3 Å². The molecular formula is C36H32F2N6O4. The van der Waals surface area contributed by atoms with Crippen molar-refractivity contribution in [3.63, 3.8) is 0 Å². The summed E-state index contributed by atoms with van der Waals surface area (Å²) in [6, 6.07) is 18.3. The van der Waals surface area contributed by atoms with Crippen molar-refractivity contribution in [2.75, 3.05) is 26.2 Å². The van der Waals surface area contributed by atoms with Gasteiger partial charge in [-0.3, -0.25) is 14.5 Å². The number of amides is 2. The fourth-order valence-corrected chi connectivity index (χ4v) is 6.93. The quantitative estimate of drug-likeness (QED) is 0.255. The van der Waals surface area contributed by atoms with E-state index in [2.05, 4.69) is 20.3 Å². The van der Waals surface area contributed by atoms with E-state index in [1.165, 1.54) is 41.0 Å². The fourth-order valence-electron chi connectivity index (χ4n) is 6.93. The predicted octanol–water partition coefficient (Wildman–Crippen LogP) is 4.98. The van der Waals surface area contributed by atoms with E-state index in [1.807, 2.05) is 0 Å². The van der Waals surface area contributed by atoms with Gasteiger partial charge in [-0.1, -0.05) is 30.3 Å². The number of carbonyl (C=O) groups is 3. The van der Waals surface area contributed by atoms with Crippen LogP contribution >= 0.6 is 0 Å². The normalized spacial score (nSPS) is 16.3. The zero-order valence-electron chi connectivity index (χ0n) is 26.1. The van der Waals surface area contributed by atoms with Gasteiger partial charge >= 0.3 is 5.97 Å². The molecule has 2 aliphatic rings. The van der Waals surface area contributed by atoms with E-state index in [-0.39, 0.29) is 46.6 Å². The molecular weight excluding hydrogens is 618 g/mol. The summed E-state index contributed by atoms with van der Waals surface area (Å²) in [5.41, 5.74) is 5.09. The highest BCUT2D eigenvalue weighted by atomic mass is 19.1. The Morgan fingerprint density at radius 3 is 2.17 bits per heavy atom. The minimum atomic E-state index is -0.986. The van der Waals surface area contributed by atoms with E-state index in [9.17, 15) is 28.3 Å². The number of aromatic carboxylic acids is 1. The smallest absolute Gasteiger partial charge is 0.335 e. The second-order valence-corrected chi connectivity index (χ2v) is 12.1. The third-order valence-electron chi connectivity index (χ3n) is 9.38. The van der Waals surface area contributed by atoms with Gasteiger partial charge in [0.1, 0.15) is 23.0 Å². The maximum atomic E-state index is 13.8. The molecule has 7 rings (SSSR count). The van der Waals surface area contributed by atoms with Crippen molar-refractivity contribution in [2.45, 2.75) is 31.8 Å². The Morgan fingerprint density at radius 2 is 1.54 bits per heavy atom. The molecule has 1 atom stereocenters. The van der Waals surface area contributed by atoms with Gasteiger partial charge in [-0.2, -0.15) is 5.10 Å². The number of nitrogens with zero attached hydrogens (tertiary/aromatic N) is 5. The van der Waals surface area contributed by atoms with Crippen LogP contribution in [0.4, 0.5) is 8.78 Å². The first kappa shape index (κ1) is 31.1. The van der Waals surface area contributed by atoms with Crippen LogP contribution in [-0.2, 0) is 6.42 Å². The lowest BCUT2D eigenvalue weighted by molar-refractivity contribution is 0.0591. The van der Waals surface area contributed by atoms with Gasteiger partial charge in [0.25, 0.3) is 11.8 Å². The van der Waals surface area contributed by atoms with Crippen LogP contribution in [0, 0.1) is 18.6 Å². The monoisotopic (exact) mass is 650 g/mol. The van der Waals surface area contributed by atoms with E-state index in [1.54, 1.807) is 54.3 Å². The largest absolute Gasteiger partial charge is 0.478 e. The topological polar surface area (TPSA) is 120 Å². The van der Waals surface area contributed by atoms with Crippen LogP contribution in [0.2, 0.25) is 0 Å². The van der Waals surface area contributed by atoms with Crippen LogP contribution in [0.25, 0.3) is 5.65 Å². The van der Waals surface area contributed by atoms with Gasteiger partial charge in [-0.15, -0.1) is 0 Å². The molecule has 244 valence electrons. The first-order chi connectivity index (χ1) is 23.2. The van der Waals surface area contributed by atoms with Crippen molar-refractivity contribution in [1.29, 1.82) is 0 Å². The highest BCUT2D eigenvalue weighted by Gasteiger charge is 2.32. The lowest BCUT2D eigenvalue weighted by Gasteiger charge is -2.39. The van der Waals surface area contributed by atoms with Crippen molar-refractivity contribution in [3.8, 4) is 0 Å². The van der Waals surface area contributed by atoms with Crippen molar-refractivity contribution in [3.05, 3.63) is 135 Å². The molecule has 0 bridgehead atoms. The zero-order chi connectivity index (χ0) is 33.5. The Balaban J connectivity index is 1.09. The van der Waals surface area contributed by atoms with E-state index in [0.717, 1.165) is 22.3 Å². The maximum absolute atomic E-state index is 13.8. The summed E-state index contributed by atoms with van der Waals surface area (Å²) in [5.74, 6) is -2.43. The Kier molecular flexibility index (Phi) is 8.17. The second-order valence-electron chi connectivity index (χ2n) is 12.1. The molecule has 48 heavy (non-hydrogen) atoms. The number of aromatic nitrogens is 3. The number of benzene rings is 3. The number of halogens is 2. The molecule has 1 aliphatic carbocycles. The van der Waals surface area contributed by atoms with E-state index < -0.39 is 11.9 Å². The van der Waals surface area contributed by atoms with Crippen LogP contribution in [0.15, 0.2) is 79.0 Å². The molecule has 0 unspecified atom stereocenters. The highest BCUT2D eigenvalue weighted by molar-refractivity contribution is 5.98. The lowest BCUT2D eigenvalue weighted by atomic mass is 9.96. The fraction of sp³-hybridized carbons (Fsp3) is 0.250. The maximum Gasteiger partial charge on any atom is 0.335 e. The Hall–Kier alpha value is -5.49. The SMILES string of the molecule is Cc1c(C(=O)O)ccc2c1CC[C@@H]2NC(=O)c1cc(C(=O)N2CCN(C(c3ccc(F)cc3)c3ccc(F)cc3)CC2)nc2ccnn12. The molecule has 12 heteroatoms. The number of fused-ring (bicyclic) bond motifs is 2. The Labute approximate surface area is 274 Å².